The van der Waals surface area contributed by atoms with E-state index in [9.17, 15) is 16.8 Å². The lowest BCUT2D eigenvalue weighted by molar-refractivity contribution is 0.0652. The van der Waals surface area contributed by atoms with E-state index >= 15 is 0 Å². The molecule has 2 fully saturated rings. The molecule has 2 aliphatic rings. The van der Waals surface area contributed by atoms with Crippen LogP contribution in [0.4, 0.5) is 0 Å². The fraction of sp³-hybridized carbons (Fsp3) is 0.846. The Morgan fingerprint density at radius 2 is 1.81 bits per heavy atom. The van der Waals surface area contributed by atoms with E-state index in [0.717, 1.165) is 6.26 Å². The van der Waals surface area contributed by atoms with Gasteiger partial charge >= 0.3 is 0 Å². The van der Waals surface area contributed by atoms with Crippen LogP contribution in [-0.2, 0) is 31.4 Å². The standard InChI is InChI=1S/C13H23N5O6S2/c1-11-14-13(15-24-11)3-4-18(25(2,19)20)12-9-17(10-12)26(21,22)16-5-7-23-8-6-16/h12H,3-10H2,1-2H3. The van der Waals surface area contributed by atoms with Crippen molar-refractivity contribution in [3.05, 3.63) is 11.7 Å². The summed E-state index contributed by atoms with van der Waals surface area (Å²) in [4.78, 5) is 4.06. The third kappa shape index (κ3) is 4.23. The van der Waals surface area contributed by atoms with Gasteiger partial charge in [0, 0.05) is 46.1 Å². The molecule has 2 aliphatic heterocycles. The minimum Gasteiger partial charge on any atom is -0.379 e. The first kappa shape index (κ1) is 19.6. The zero-order chi connectivity index (χ0) is 18.9. The van der Waals surface area contributed by atoms with E-state index in [2.05, 4.69) is 10.1 Å². The van der Waals surface area contributed by atoms with E-state index in [4.69, 9.17) is 9.26 Å². The molecule has 0 aromatic carbocycles. The minimum atomic E-state index is -3.58. The molecule has 148 valence electrons. The lowest BCUT2D eigenvalue weighted by Gasteiger charge is -2.45. The van der Waals surface area contributed by atoms with Crippen molar-refractivity contribution in [2.75, 3.05) is 52.2 Å². The van der Waals surface area contributed by atoms with Crippen molar-refractivity contribution < 1.29 is 26.1 Å². The summed E-state index contributed by atoms with van der Waals surface area (Å²) < 4.78 is 63.4. The van der Waals surface area contributed by atoms with Gasteiger partial charge in [-0.25, -0.2) is 8.42 Å². The zero-order valence-corrected chi connectivity index (χ0v) is 16.4. The molecule has 13 heteroatoms. The molecule has 0 saturated carbocycles. The first-order valence-electron chi connectivity index (χ1n) is 8.27. The summed E-state index contributed by atoms with van der Waals surface area (Å²) in [5, 5.41) is 3.76. The maximum atomic E-state index is 12.6. The molecule has 0 bridgehead atoms. The molecule has 0 aliphatic carbocycles. The van der Waals surface area contributed by atoms with Gasteiger partial charge in [0.05, 0.1) is 25.5 Å². The van der Waals surface area contributed by atoms with Crippen molar-refractivity contribution in [2.45, 2.75) is 19.4 Å². The molecule has 0 atom stereocenters. The fourth-order valence-corrected chi connectivity index (χ4v) is 5.76. The van der Waals surface area contributed by atoms with Crippen LogP contribution in [0.15, 0.2) is 4.52 Å². The van der Waals surface area contributed by atoms with E-state index in [1.54, 1.807) is 6.92 Å². The average molecular weight is 409 g/mol. The number of sulfonamides is 1. The summed E-state index contributed by atoms with van der Waals surface area (Å²) >= 11 is 0. The van der Waals surface area contributed by atoms with E-state index in [1.807, 2.05) is 0 Å². The van der Waals surface area contributed by atoms with Crippen molar-refractivity contribution >= 4 is 20.2 Å². The second-order valence-corrected chi connectivity index (χ2v) is 10.2. The normalized spacial score (nSPS) is 21.2. The maximum absolute atomic E-state index is 12.6. The number of nitrogens with zero attached hydrogens (tertiary/aromatic N) is 5. The number of ether oxygens (including phenoxy) is 1. The summed E-state index contributed by atoms with van der Waals surface area (Å²) in [7, 11) is -7.07. The molecule has 26 heavy (non-hydrogen) atoms. The van der Waals surface area contributed by atoms with Crippen LogP contribution in [0.1, 0.15) is 11.7 Å². The molecule has 0 unspecified atom stereocenters. The van der Waals surface area contributed by atoms with Gasteiger partial charge in [-0.1, -0.05) is 5.16 Å². The highest BCUT2D eigenvalue weighted by Gasteiger charge is 2.44. The quantitative estimate of drug-likeness (QED) is 0.529. The van der Waals surface area contributed by atoms with Crippen molar-refractivity contribution in [1.29, 1.82) is 0 Å². The second-order valence-electron chi connectivity index (χ2n) is 6.34. The van der Waals surface area contributed by atoms with Crippen LogP contribution in [0.5, 0.6) is 0 Å². The smallest absolute Gasteiger partial charge is 0.282 e. The Balaban J connectivity index is 1.61. The van der Waals surface area contributed by atoms with Gasteiger partial charge in [0.15, 0.2) is 5.82 Å². The molecule has 11 nitrogen and oxygen atoms in total. The molecule has 1 aromatic rings. The van der Waals surface area contributed by atoms with E-state index in [1.165, 1.54) is 12.9 Å². The zero-order valence-electron chi connectivity index (χ0n) is 14.7. The summed E-state index contributed by atoms with van der Waals surface area (Å²) in [6.07, 6.45) is 1.42. The van der Waals surface area contributed by atoms with Crippen molar-refractivity contribution in [2.24, 2.45) is 0 Å². The number of hydrogen-bond acceptors (Lipinski definition) is 8. The third-order valence-corrected chi connectivity index (χ3v) is 7.71. The number of rotatable bonds is 7. The minimum absolute atomic E-state index is 0.137. The third-order valence-electron chi connectivity index (χ3n) is 4.41. The van der Waals surface area contributed by atoms with Gasteiger partial charge in [-0.3, -0.25) is 0 Å². The lowest BCUT2D eigenvalue weighted by Crippen LogP contribution is -2.65. The van der Waals surface area contributed by atoms with Gasteiger partial charge in [0.25, 0.3) is 10.2 Å². The van der Waals surface area contributed by atoms with Gasteiger partial charge < -0.3 is 9.26 Å². The summed E-state index contributed by atoms with van der Waals surface area (Å²) in [5.41, 5.74) is 0. The average Bonchev–Trinajstić information content (AvgIpc) is 2.94. The topological polar surface area (TPSA) is 126 Å². The summed E-state index contributed by atoms with van der Waals surface area (Å²) in [6.45, 7) is 3.48. The van der Waals surface area contributed by atoms with Crippen molar-refractivity contribution in [3.63, 3.8) is 0 Å². The molecule has 0 N–H and O–H groups in total. The monoisotopic (exact) mass is 409 g/mol. The van der Waals surface area contributed by atoms with Crippen LogP contribution in [0, 0.1) is 6.92 Å². The molecule has 3 heterocycles. The van der Waals surface area contributed by atoms with E-state index in [0.29, 0.717) is 44.4 Å². The SMILES string of the molecule is Cc1nc(CCN(C2CN(S(=O)(=O)N3CCOCC3)C2)S(C)(=O)=O)no1. The Kier molecular flexibility index (Phi) is 5.65. The number of aryl methyl sites for hydroxylation is 1. The summed E-state index contributed by atoms with van der Waals surface area (Å²) in [5.74, 6) is 0.839. The van der Waals surface area contributed by atoms with E-state index < -0.39 is 26.3 Å². The molecule has 3 rings (SSSR count). The summed E-state index contributed by atoms with van der Waals surface area (Å²) in [6, 6.07) is -0.395. The maximum Gasteiger partial charge on any atom is 0.282 e. The highest BCUT2D eigenvalue weighted by atomic mass is 32.2. The highest BCUT2D eigenvalue weighted by Crippen LogP contribution is 2.24. The van der Waals surface area contributed by atoms with E-state index in [-0.39, 0.29) is 19.6 Å². The van der Waals surface area contributed by atoms with Crippen LogP contribution in [0.25, 0.3) is 0 Å². The molecule has 0 radical (unpaired) electrons. The number of morpholine rings is 1. The van der Waals surface area contributed by atoms with Crippen LogP contribution >= 0.6 is 0 Å². The van der Waals surface area contributed by atoms with Crippen LogP contribution < -0.4 is 0 Å². The molecular formula is C13H23N5O6S2. The molecule has 0 amide bonds. The Hall–Kier alpha value is -1.12. The molecule has 0 spiro atoms. The van der Waals surface area contributed by atoms with Gasteiger partial charge in [-0.2, -0.15) is 26.3 Å². The number of aromatic nitrogens is 2. The Bertz CT molecular complexity index is 827. The molecular weight excluding hydrogens is 386 g/mol. The van der Waals surface area contributed by atoms with Gasteiger partial charge in [0.1, 0.15) is 0 Å². The van der Waals surface area contributed by atoms with Gasteiger partial charge in [-0.05, 0) is 0 Å². The number of hydrogen-bond donors (Lipinski definition) is 0. The highest BCUT2D eigenvalue weighted by molar-refractivity contribution is 7.88. The Labute approximate surface area is 153 Å². The largest absolute Gasteiger partial charge is 0.379 e. The molecule has 2 saturated heterocycles. The van der Waals surface area contributed by atoms with Crippen LogP contribution in [-0.4, -0.2) is 98.1 Å². The Morgan fingerprint density at radius 1 is 1.15 bits per heavy atom. The second kappa shape index (κ2) is 7.48. The Morgan fingerprint density at radius 3 is 2.35 bits per heavy atom. The fourth-order valence-electron chi connectivity index (χ4n) is 3.00. The van der Waals surface area contributed by atoms with Gasteiger partial charge in [-0.15, -0.1) is 0 Å². The predicted octanol–water partition coefficient (Wildman–Crippen LogP) is -1.56. The molecule has 1 aromatic heterocycles. The first-order chi connectivity index (χ1) is 12.2. The lowest BCUT2D eigenvalue weighted by atomic mass is 10.2. The van der Waals surface area contributed by atoms with Crippen LogP contribution in [0.3, 0.4) is 0 Å². The first-order valence-corrected chi connectivity index (χ1v) is 11.5. The predicted molar refractivity (Wildman–Crippen MR) is 91.0 cm³/mol. The van der Waals surface area contributed by atoms with Gasteiger partial charge in [0.2, 0.25) is 15.9 Å². The van der Waals surface area contributed by atoms with Crippen molar-refractivity contribution in [1.82, 2.24) is 23.1 Å². The van der Waals surface area contributed by atoms with Crippen molar-refractivity contribution in [3.8, 4) is 0 Å². The van der Waals surface area contributed by atoms with Crippen LogP contribution in [0.2, 0.25) is 0 Å².